The minimum absolute atomic E-state index is 0.111. The van der Waals surface area contributed by atoms with Gasteiger partial charge in [0.05, 0.1) is 6.61 Å². The Morgan fingerprint density at radius 3 is 2.82 bits per heavy atom. The molecule has 0 saturated heterocycles. The molecule has 0 spiro atoms. The summed E-state index contributed by atoms with van der Waals surface area (Å²) in [5.41, 5.74) is -0.612. The van der Waals surface area contributed by atoms with Crippen LogP contribution in [0, 0.1) is 5.92 Å². The summed E-state index contributed by atoms with van der Waals surface area (Å²) in [7, 11) is 0. The fourth-order valence-electron chi connectivity index (χ4n) is 1.53. The maximum Gasteiger partial charge on any atom is 0.376 e. The molecule has 1 aliphatic carbocycles. The van der Waals surface area contributed by atoms with Gasteiger partial charge in [0, 0.05) is 6.42 Å². The van der Waals surface area contributed by atoms with Crippen molar-refractivity contribution in [2.45, 2.75) is 32.6 Å². The van der Waals surface area contributed by atoms with Crippen LogP contribution in [0.1, 0.15) is 48.3 Å². The number of aromatic nitrogens is 1. The molecule has 0 aliphatic heterocycles. The molecule has 0 atom stereocenters. The molecular formula is C11H13F2NO3. The molecule has 1 saturated carbocycles. The first-order chi connectivity index (χ1) is 8.11. The highest BCUT2D eigenvalue weighted by Gasteiger charge is 2.30. The first kappa shape index (κ1) is 12.0. The van der Waals surface area contributed by atoms with E-state index in [1.807, 2.05) is 0 Å². The van der Waals surface area contributed by atoms with Gasteiger partial charge < -0.3 is 9.15 Å². The summed E-state index contributed by atoms with van der Waals surface area (Å²) < 4.78 is 35.1. The number of ether oxygens (including phenoxy) is 1. The van der Waals surface area contributed by atoms with Gasteiger partial charge >= 0.3 is 5.97 Å². The third-order valence-corrected chi connectivity index (χ3v) is 2.53. The lowest BCUT2D eigenvalue weighted by Crippen LogP contribution is -2.06. The van der Waals surface area contributed by atoms with Crippen molar-refractivity contribution in [3.63, 3.8) is 0 Å². The van der Waals surface area contributed by atoms with Crippen LogP contribution in [-0.4, -0.2) is 17.6 Å². The summed E-state index contributed by atoms with van der Waals surface area (Å²) in [6, 6.07) is 0. The molecule has 1 fully saturated rings. The average Bonchev–Trinajstić information content (AvgIpc) is 2.95. The number of oxazole rings is 1. The fraction of sp³-hybridized carbons (Fsp3) is 0.636. The lowest BCUT2D eigenvalue weighted by Gasteiger charge is -1.99. The van der Waals surface area contributed by atoms with Crippen LogP contribution in [0.4, 0.5) is 8.78 Å². The number of esters is 1. The Kier molecular flexibility index (Phi) is 3.40. The lowest BCUT2D eigenvalue weighted by molar-refractivity contribution is 0.0473. The van der Waals surface area contributed by atoms with Crippen molar-refractivity contribution >= 4 is 5.97 Å². The number of halogens is 2. The van der Waals surface area contributed by atoms with Crippen LogP contribution >= 0.6 is 0 Å². The molecule has 0 radical (unpaired) electrons. The Balaban J connectivity index is 2.20. The van der Waals surface area contributed by atoms with E-state index in [2.05, 4.69) is 9.72 Å². The molecule has 17 heavy (non-hydrogen) atoms. The second-order valence-corrected chi connectivity index (χ2v) is 3.99. The molecular weight excluding hydrogens is 232 g/mol. The molecule has 1 aliphatic rings. The SMILES string of the molecule is CCOC(=O)c1oc(CC2CC2)nc1C(F)F. The topological polar surface area (TPSA) is 52.3 Å². The minimum atomic E-state index is -2.83. The van der Waals surface area contributed by atoms with E-state index >= 15 is 0 Å². The van der Waals surface area contributed by atoms with E-state index in [1.165, 1.54) is 0 Å². The van der Waals surface area contributed by atoms with E-state index in [9.17, 15) is 13.6 Å². The van der Waals surface area contributed by atoms with Gasteiger partial charge in [0.2, 0.25) is 5.76 Å². The van der Waals surface area contributed by atoms with Gasteiger partial charge in [-0.3, -0.25) is 0 Å². The second kappa shape index (κ2) is 4.81. The van der Waals surface area contributed by atoms with Crippen molar-refractivity contribution in [2.24, 2.45) is 5.92 Å². The minimum Gasteiger partial charge on any atom is -0.460 e. The zero-order chi connectivity index (χ0) is 12.4. The number of carbonyl (C=O) groups excluding carboxylic acids is 1. The Hall–Kier alpha value is -1.46. The van der Waals surface area contributed by atoms with Crippen LogP contribution in [0.25, 0.3) is 0 Å². The van der Waals surface area contributed by atoms with Gasteiger partial charge in [-0.15, -0.1) is 0 Å². The number of carbonyl (C=O) groups is 1. The van der Waals surface area contributed by atoms with E-state index in [1.54, 1.807) is 6.92 Å². The zero-order valence-electron chi connectivity index (χ0n) is 9.41. The standard InChI is InChI=1S/C11H13F2NO3/c1-2-16-11(15)9-8(10(12)13)14-7(17-9)5-6-3-4-6/h6,10H,2-5H2,1H3. The van der Waals surface area contributed by atoms with Gasteiger partial charge in [0.15, 0.2) is 11.6 Å². The summed E-state index contributed by atoms with van der Waals surface area (Å²) in [6.45, 7) is 1.71. The van der Waals surface area contributed by atoms with Gasteiger partial charge in [-0.1, -0.05) is 0 Å². The molecule has 0 aromatic carbocycles. The van der Waals surface area contributed by atoms with Crippen LogP contribution < -0.4 is 0 Å². The fourth-order valence-corrected chi connectivity index (χ4v) is 1.53. The number of hydrogen-bond donors (Lipinski definition) is 0. The predicted molar refractivity (Wildman–Crippen MR) is 53.8 cm³/mol. The van der Waals surface area contributed by atoms with Crippen molar-refractivity contribution in [1.82, 2.24) is 4.98 Å². The van der Waals surface area contributed by atoms with Crippen LogP contribution in [0.5, 0.6) is 0 Å². The molecule has 4 nitrogen and oxygen atoms in total. The number of alkyl halides is 2. The molecule has 1 heterocycles. The highest BCUT2D eigenvalue weighted by atomic mass is 19.3. The molecule has 1 aromatic rings. The molecule has 1 aromatic heterocycles. The molecule has 0 bridgehead atoms. The van der Waals surface area contributed by atoms with Crippen molar-refractivity contribution < 1.29 is 22.7 Å². The van der Waals surface area contributed by atoms with Crippen LogP contribution in [0.3, 0.4) is 0 Å². The molecule has 0 unspecified atom stereocenters. The van der Waals surface area contributed by atoms with E-state index in [0.29, 0.717) is 12.3 Å². The highest BCUT2D eigenvalue weighted by Crippen LogP contribution is 2.33. The highest BCUT2D eigenvalue weighted by molar-refractivity contribution is 5.87. The molecule has 0 N–H and O–H groups in total. The first-order valence-corrected chi connectivity index (χ1v) is 5.56. The number of hydrogen-bond acceptors (Lipinski definition) is 4. The monoisotopic (exact) mass is 245 g/mol. The van der Waals surface area contributed by atoms with Gasteiger partial charge in [-0.05, 0) is 25.7 Å². The van der Waals surface area contributed by atoms with Gasteiger partial charge in [0.25, 0.3) is 6.43 Å². The van der Waals surface area contributed by atoms with Crippen molar-refractivity contribution in [3.8, 4) is 0 Å². The largest absolute Gasteiger partial charge is 0.460 e. The van der Waals surface area contributed by atoms with E-state index < -0.39 is 23.8 Å². The average molecular weight is 245 g/mol. The smallest absolute Gasteiger partial charge is 0.376 e. The quantitative estimate of drug-likeness (QED) is 0.748. The Morgan fingerprint density at radius 1 is 1.59 bits per heavy atom. The van der Waals surface area contributed by atoms with Gasteiger partial charge in [-0.25, -0.2) is 18.6 Å². The second-order valence-electron chi connectivity index (χ2n) is 3.99. The van der Waals surface area contributed by atoms with Crippen LogP contribution in [0.2, 0.25) is 0 Å². The molecule has 6 heteroatoms. The van der Waals surface area contributed by atoms with Crippen molar-refractivity contribution in [2.75, 3.05) is 6.61 Å². The van der Waals surface area contributed by atoms with Crippen LogP contribution in [0.15, 0.2) is 4.42 Å². The zero-order valence-corrected chi connectivity index (χ0v) is 9.41. The third-order valence-electron chi connectivity index (χ3n) is 2.53. The first-order valence-electron chi connectivity index (χ1n) is 5.56. The summed E-state index contributed by atoms with van der Waals surface area (Å²) in [5.74, 6) is -0.685. The van der Waals surface area contributed by atoms with Gasteiger partial charge in [-0.2, -0.15) is 0 Å². The molecule has 0 amide bonds. The number of rotatable bonds is 5. The van der Waals surface area contributed by atoms with Crippen LogP contribution in [-0.2, 0) is 11.2 Å². The maximum atomic E-state index is 12.7. The lowest BCUT2D eigenvalue weighted by atomic mass is 10.3. The molecule has 2 rings (SSSR count). The predicted octanol–water partition coefficient (Wildman–Crippen LogP) is 2.74. The molecule has 94 valence electrons. The number of nitrogens with zero attached hydrogens (tertiary/aromatic N) is 1. The Labute approximate surface area is 97.0 Å². The normalized spacial score (nSPS) is 15.3. The maximum absolute atomic E-state index is 12.7. The van der Waals surface area contributed by atoms with Gasteiger partial charge in [0.1, 0.15) is 0 Å². The Bertz CT molecular complexity index is 413. The van der Waals surface area contributed by atoms with E-state index in [0.717, 1.165) is 12.8 Å². The van der Waals surface area contributed by atoms with Crippen molar-refractivity contribution in [1.29, 1.82) is 0 Å². The van der Waals surface area contributed by atoms with Crippen molar-refractivity contribution in [3.05, 3.63) is 17.3 Å². The third kappa shape index (κ3) is 2.81. The summed E-state index contributed by atoms with van der Waals surface area (Å²) in [6.07, 6.45) is -0.201. The van der Waals surface area contributed by atoms with E-state index in [-0.39, 0.29) is 12.5 Å². The summed E-state index contributed by atoms with van der Waals surface area (Å²) in [4.78, 5) is 15.1. The van der Waals surface area contributed by atoms with E-state index in [4.69, 9.17) is 4.42 Å². The summed E-state index contributed by atoms with van der Waals surface area (Å²) >= 11 is 0. The Morgan fingerprint density at radius 2 is 2.29 bits per heavy atom. The summed E-state index contributed by atoms with van der Waals surface area (Å²) in [5, 5.41) is 0.